The molecule has 7 heteroatoms. The van der Waals surface area contributed by atoms with Gasteiger partial charge in [0.2, 0.25) is 0 Å². The summed E-state index contributed by atoms with van der Waals surface area (Å²) in [6.45, 7) is -0.833. The predicted octanol–water partition coefficient (Wildman–Crippen LogP) is 5.08. The molecule has 4 nitrogen and oxygen atoms in total. The van der Waals surface area contributed by atoms with Gasteiger partial charge in [-0.2, -0.15) is 8.78 Å². The Morgan fingerprint density at radius 3 is 2.64 bits per heavy atom. The molecule has 0 atom stereocenters. The molecule has 0 saturated heterocycles. The van der Waals surface area contributed by atoms with E-state index in [2.05, 4.69) is 9.72 Å². The highest BCUT2D eigenvalue weighted by Gasteiger charge is 2.15. The standard InChI is InChI=1S/C21H16F2N2O2S/c1-13-6-8-14(9-7-13)16-11-28-19-18(16)20(26)25(12-24-19)10-15-4-2-3-5-17(15)27-21(22)23/h2-9,11-12,21H,10H2,1H3. The van der Waals surface area contributed by atoms with Gasteiger partial charge in [-0.3, -0.25) is 9.36 Å². The summed E-state index contributed by atoms with van der Waals surface area (Å²) in [5, 5.41) is 2.45. The quantitative estimate of drug-likeness (QED) is 0.471. The fraction of sp³-hybridized carbons (Fsp3) is 0.143. The largest absolute Gasteiger partial charge is 0.434 e. The summed E-state index contributed by atoms with van der Waals surface area (Å²) in [6.07, 6.45) is 1.44. The van der Waals surface area contributed by atoms with E-state index in [1.165, 1.54) is 28.3 Å². The molecule has 142 valence electrons. The van der Waals surface area contributed by atoms with Crippen molar-refractivity contribution in [3.8, 4) is 16.9 Å². The van der Waals surface area contributed by atoms with Gasteiger partial charge < -0.3 is 4.74 Å². The lowest BCUT2D eigenvalue weighted by Crippen LogP contribution is -2.21. The van der Waals surface area contributed by atoms with Crippen LogP contribution in [0, 0.1) is 6.92 Å². The Morgan fingerprint density at radius 1 is 1.14 bits per heavy atom. The third-order valence-electron chi connectivity index (χ3n) is 4.45. The van der Waals surface area contributed by atoms with Gasteiger partial charge >= 0.3 is 6.61 Å². The number of hydrogen-bond donors (Lipinski definition) is 0. The molecule has 0 radical (unpaired) electrons. The van der Waals surface area contributed by atoms with E-state index in [9.17, 15) is 13.6 Å². The number of benzene rings is 2. The summed E-state index contributed by atoms with van der Waals surface area (Å²) in [4.78, 5) is 18.2. The van der Waals surface area contributed by atoms with Crippen molar-refractivity contribution in [1.82, 2.24) is 9.55 Å². The number of para-hydroxylation sites is 1. The molecule has 0 aliphatic heterocycles. The minimum absolute atomic E-state index is 0.0496. The van der Waals surface area contributed by atoms with Gasteiger partial charge in [-0.05, 0) is 18.6 Å². The SMILES string of the molecule is Cc1ccc(-c2csc3ncn(Cc4ccccc4OC(F)F)c(=O)c23)cc1. The number of thiophene rings is 1. The molecule has 2 aromatic carbocycles. The lowest BCUT2D eigenvalue weighted by Gasteiger charge is -2.12. The highest BCUT2D eigenvalue weighted by atomic mass is 32.1. The average Bonchev–Trinajstić information content (AvgIpc) is 3.10. The Labute approximate surface area is 163 Å². The topological polar surface area (TPSA) is 44.1 Å². The second-order valence-corrected chi connectivity index (χ2v) is 7.22. The highest BCUT2D eigenvalue weighted by Crippen LogP contribution is 2.31. The molecule has 0 bridgehead atoms. The summed E-state index contributed by atoms with van der Waals surface area (Å²) in [7, 11) is 0. The highest BCUT2D eigenvalue weighted by molar-refractivity contribution is 7.17. The average molecular weight is 398 g/mol. The molecule has 2 heterocycles. The molecule has 0 amide bonds. The first-order valence-electron chi connectivity index (χ1n) is 8.59. The maximum Gasteiger partial charge on any atom is 0.387 e. The van der Waals surface area contributed by atoms with Crippen molar-refractivity contribution in [3.63, 3.8) is 0 Å². The van der Waals surface area contributed by atoms with Crippen LogP contribution in [0.3, 0.4) is 0 Å². The summed E-state index contributed by atoms with van der Waals surface area (Å²) in [5.74, 6) is 0.0496. The van der Waals surface area contributed by atoms with Gasteiger partial charge in [0.05, 0.1) is 18.3 Å². The first-order chi connectivity index (χ1) is 13.5. The molecule has 28 heavy (non-hydrogen) atoms. The van der Waals surface area contributed by atoms with Crippen LogP contribution in [0.15, 0.2) is 65.0 Å². The first kappa shape index (κ1) is 18.3. The monoisotopic (exact) mass is 398 g/mol. The van der Waals surface area contributed by atoms with Gasteiger partial charge in [-0.25, -0.2) is 4.98 Å². The summed E-state index contributed by atoms with van der Waals surface area (Å²) in [5.41, 5.74) is 3.17. The van der Waals surface area contributed by atoms with Crippen LogP contribution in [0.2, 0.25) is 0 Å². The van der Waals surface area contributed by atoms with Crippen molar-refractivity contribution in [2.75, 3.05) is 0 Å². The zero-order valence-electron chi connectivity index (χ0n) is 14.9. The Bertz CT molecular complexity index is 1180. The normalized spacial score (nSPS) is 11.3. The maximum atomic E-state index is 13.1. The van der Waals surface area contributed by atoms with E-state index in [0.29, 0.717) is 15.8 Å². The second-order valence-electron chi connectivity index (χ2n) is 6.36. The Hall–Kier alpha value is -3.06. The third-order valence-corrected chi connectivity index (χ3v) is 5.34. The molecule has 0 unspecified atom stereocenters. The fourth-order valence-corrected chi connectivity index (χ4v) is 3.96. The summed E-state index contributed by atoms with van der Waals surface area (Å²) in [6, 6.07) is 14.4. The molecule has 0 aliphatic rings. The number of halogens is 2. The third kappa shape index (κ3) is 3.53. The van der Waals surface area contributed by atoms with Crippen LogP contribution in [-0.2, 0) is 6.54 Å². The Balaban J connectivity index is 1.78. The van der Waals surface area contributed by atoms with Crippen molar-refractivity contribution in [2.45, 2.75) is 20.1 Å². The van der Waals surface area contributed by atoms with Crippen LogP contribution >= 0.6 is 11.3 Å². The number of hydrogen-bond acceptors (Lipinski definition) is 4. The van der Waals surface area contributed by atoms with Crippen molar-refractivity contribution < 1.29 is 13.5 Å². The van der Waals surface area contributed by atoms with E-state index in [1.807, 2.05) is 36.6 Å². The van der Waals surface area contributed by atoms with Crippen molar-refractivity contribution in [1.29, 1.82) is 0 Å². The number of rotatable bonds is 5. The van der Waals surface area contributed by atoms with E-state index >= 15 is 0 Å². The Morgan fingerprint density at radius 2 is 1.89 bits per heavy atom. The predicted molar refractivity (Wildman–Crippen MR) is 106 cm³/mol. The van der Waals surface area contributed by atoms with Crippen LogP contribution < -0.4 is 10.3 Å². The van der Waals surface area contributed by atoms with Gasteiger partial charge in [0.1, 0.15) is 10.6 Å². The van der Waals surface area contributed by atoms with E-state index < -0.39 is 6.61 Å². The molecular formula is C21H16F2N2O2S. The van der Waals surface area contributed by atoms with E-state index in [0.717, 1.165) is 16.7 Å². The van der Waals surface area contributed by atoms with Gasteiger partial charge in [0.15, 0.2) is 0 Å². The van der Waals surface area contributed by atoms with E-state index in [-0.39, 0.29) is 17.9 Å². The van der Waals surface area contributed by atoms with E-state index in [4.69, 9.17) is 0 Å². The lowest BCUT2D eigenvalue weighted by atomic mass is 10.1. The maximum absolute atomic E-state index is 13.1. The smallest absolute Gasteiger partial charge is 0.387 e. The lowest BCUT2D eigenvalue weighted by molar-refractivity contribution is -0.0504. The number of aromatic nitrogens is 2. The molecular weight excluding hydrogens is 382 g/mol. The zero-order valence-corrected chi connectivity index (χ0v) is 15.7. The number of ether oxygens (including phenoxy) is 1. The van der Waals surface area contributed by atoms with Gasteiger partial charge in [0, 0.05) is 16.5 Å². The molecule has 2 aromatic heterocycles. The minimum Gasteiger partial charge on any atom is -0.434 e. The minimum atomic E-state index is -2.93. The van der Waals surface area contributed by atoms with E-state index in [1.54, 1.807) is 18.2 Å². The molecule has 0 aliphatic carbocycles. The zero-order chi connectivity index (χ0) is 19.7. The van der Waals surface area contributed by atoms with Crippen LogP contribution in [0.5, 0.6) is 5.75 Å². The summed E-state index contributed by atoms with van der Waals surface area (Å²) >= 11 is 1.41. The van der Waals surface area contributed by atoms with Crippen LogP contribution in [0.25, 0.3) is 21.3 Å². The second kappa shape index (κ2) is 7.52. The van der Waals surface area contributed by atoms with Gasteiger partial charge in [-0.15, -0.1) is 11.3 Å². The number of alkyl halides is 2. The molecule has 0 saturated carbocycles. The van der Waals surface area contributed by atoms with Crippen LogP contribution in [-0.4, -0.2) is 16.2 Å². The molecule has 4 aromatic rings. The Kier molecular flexibility index (Phi) is 4.92. The van der Waals surface area contributed by atoms with Gasteiger partial charge in [0.25, 0.3) is 5.56 Å². The van der Waals surface area contributed by atoms with Gasteiger partial charge in [-0.1, -0.05) is 48.0 Å². The van der Waals surface area contributed by atoms with Crippen molar-refractivity contribution in [2.24, 2.45) is 0 Å². The van der Waals surface area contributed by atoms with Crippen molar-refractivity contribution >= 4 is 21.6 Å². The molecule has 0 spiro atoms. The van der Waals surface area contributed by atoms with Crippen LogP contribution in [0.1, 0.15) is 11.1 Å². The first-order valence-corrected chi connectivity index (χ1v) is 9.47. The fourth-order valence-electron chi connectivity index (χ4n) is 3.05. The summed E-state index contributed by atoms with van der Waals surface area (Å²) < 4.78 is 31.3. The number of nitrogens with zero attached hydrogens (tertiary/aromatic N) is 2. The molecule has 4 rings (SSSR count). The number of aryl methyl sites for hydroxylation is 1. The van der Waals surface area contributed by atoms with Crippen LogP contribution in [0.4, 0.5) is 8.78 Å². The molecule has 0 fully saturated rings. The molecule has 0 N–H and O–H groups in total. The number of fused-ring (bicyclic) bond motifs is 1. The van der Waals surface area contributed by atoms with Crippen molar-refractivity contribution in [3.05, 3.63) is 81.7 Å².